The monoisotopic (exact) mass is 263 g/mol. The van der Waals surface area contributed by atoms with Gasteiger partial charge in [-0.05, 0) is 23.8 Å². The lowest BCUT2D eigenvalue weighted by Crippen LogP contribution is -2.04. The van der Waals surface area contributed by atoms with Crippen LogP contribution in [0, 0.1) is 5.82 Å². The number of carboxylic acids is 1. The third-order valence-electron chi connectivity index (χ3n) is 2.31. The quantitative estimate of drug-likeness (QED) is 0.860. The summed E-state index contributed by atoms with van der Waals surface area (Å²) in [5.74, 6) is -1.00. The molecule has 0 saturated heterocycles. The average Bonchev–Trinajstić information content (AvgIpc) is 2.38. The Morgan fingerprint density at radius 2 is 2.06 bits per heavy atom. The van der Waals surface area contributed by atoms with Crippen LogP contribution in [-0.4, -0.2) is 16.1 Å². The van der Waals surface area contributed by atoms with Crippen molar-refractivity contribution in [2.75, 3.05) is 0 Å². The van der Waals surface area contributed by atoms with Crippen molar-refractivity contribution >= 4 is 17.7 Å². The first-order valence-corrected chi connectivity index (χ1v) is 6.21. The van der Waals surface area contributed by atoms with Gasteiger partial charge >= 0.3 is 5.97 Å². The minimum absolute atomic E-state index is 0.0151. The molecule has 0 aliphatic heterocycles. The Morgan fingerprint density at radius 3 is 2.78 bits per heavy atom. The smallest absolute Gasteiger partial charge is 0.354 e. The fourth-order valence-electron chi connectivity index (χ4n) is 1.46. The molecular formula is C13H10FNO2S. The number of aromatic carboxylic acids is 1. The van der Waals surface area contributed by atoms with Crippen LogP contribution in [0.15, 0.2) is 47.5 Å². The van der Waals surface area contributed by atoms with E-state index in [0.29, 0.717) is 16.2 Å². The molecule has 2 rings (SSSR count). The third kappa shape index (κ3) is 2.87. The third-order valence-corrected chi connectivity index (χ3v) is 3.41. The van der Waals surface area contributed by atoms with Gasteiger partial charge in [-0.25, -0.2) is 14.2 Å². The first kappa shape index (κ1) is 12.6. The number of pyridine rings is 1. The average molecular weight is 263 g/mol. The molecule has 0 saturated carbocycles. The number of rotatable bonds is 4. The molecule has 0 unspecified atom stereocenters. The Labute approximate surface area is 108 Å². The molecular weight excluding hydrogens is 253 g/mol. The molecule has 1 aromatic carbocycles. The van der Waals surface area contributed by atoms with Crippen LogP contribution in [-0.2, 0) is 5.75 Å². The van der Waals surface area contributed by atoms with Crippen LogP contribution in [0.2, 0.25) is 0 Å². The first-order valence-electron chi connectivity index (χ1n) is 5.23. The lowest BCUT2D eigenvalue weighted by Gasteiger charge is -2.05. The first-order chi connectivity index (χ1) is 8.68. The van der Waals surface area contributed by atoms with Crippen LogP contribution in [0.1, 0.15) is 16.1 Å². The molecule has 0 fully saturated rings. The van der Waals surface area contributed by atoms with Gasteiger partial charge in [0.15, 0.2) is 5.69 Å². The summed E-state index contributed by atoms with van der Waals surface area (Å²) in [6.45, 7) is 0. The van der Waals surface area contributed by atoms with E-state index < -0.39 is 5.97 Å². The highest BCUT2D eigenvalue weighted by atomic mass is 32.2. The summed E-state index contributed by atoms with van der Waals surface area (Å²) in [7, 11) is 0. The highest BCUT2D eigenvalue weighted by Crippen LogP contribution is 2.25. The van der Waals surface area contributed by atoms with Gasteiger partial charge in [-0.15, -0.1) is 11.8 Å². The van der Waals surface area contributed by atoms with Gasteiger partial charge < -0.3 is 5.11 Å². The number of nitrogens with zero attached hydrogens (tertiary/aromatic N) is 1. The van der Waals surface area contributed by atoms with Crippen LogP contribution < -0.4 is 0 Å². The summed E-state index contributed by atoms with van der Waals surface area (Å²) >= 11 is 1.25. The maximum atomic E-state index is 13.4. The van der Waals surface area contributed by atoms with Crippen LogP contribution in [0.3, 0.4) is 0 Å². The number of benzene rings is 1. The maximum absolute atomic E-state index is 13.4. The number of hydrogen-bond donors (Lipinski definition) is 1. The van der Waals surface area contributed by atoms with Crippen LogP contribution in [0.25, 0.3) is 0 Å². The van der Waals surface area contributed by atoms with Crippen LogP contribution in [0.5, 0.6) is 0 Å². The molecule has 92 valence electrons. The lowest BCUT2D eigenvalue weighted by molar-refractivity contribution is 0.0689. The molecule has 0 atom stereocenters. The predicted molar refractivity (Wildman–Crippen MR) is 67.2 cm³/mol. The summed E-state index contributed by atoms with van der Waals surface area (Å²) in [6, 6.07) is 9.76. The number of thioether (sulfide) groups is 1. The van der Waals surface area contributed by atoms with Crippen molar-refractivity contribution < 1.29 is 14.3 Å². The number of carboxylic acid groups (broad SMARTS) is 1. The molecule has 5 heteroatoms. The van der Waals surface area contributed by atoms with Crippen molar-refractivity contribution in [1.29, 1.82) is 0 Å². The highest BCUT2D eigenvalue weighted by Gasteiger charge is 2.11. The summed E-state index contributed by atoms with van der Waals surface area (Å²) in [5.41, 5.74) is 0.597. The maximum Gasteiger partial charge on any atom is 0.354 e. The molecule has 2 aromatic rings. The predicted octanol–water partition coefficient (Wildman–Crippen LogP) is 3.21. The number of halogens is 1. The molecule has 0 radical (unpaired) electrons. The largest absolute Gasteiger partial charge is 0.477 e. The second-order valence-corrected chi connectivity index (χ2v) is 4.55. The Bertz CT molecular complexity index is 574. The van der Waals surface area contributed by atoms with E-state index in [1.54, 1.807) is 30.3 Å². The van der Waals surface area contributed by atoms with E-state index in [0.717, 1.165) is 0 Å². The Morgan fingerprint density at radius 1 is 1.28 bits per heavy atom. The molecule has 18 heavy (non-hydrogen) atoms. The minimum atomic E-state index is -1.07. The van der Waals surface area contributed by atoms with Gasteiger partial charge in [-0.2, -0.15) is 0 Å². The molecule has 1 heterocycles. The van der Waals surface area contributed by atoms with Crippen molar-refractivity contribution in [2.24, 2.45) is 0 Å². The van der Waals surface area contributed by atoms with E-state index in [1.807, 2.05) is 0 Å². The van der Waals surface area contributed by atoms with Gasteiger partial charge in [0.1, 0.15) is 5.82 Å². The SMILES string of the molecule is O=C(O)c1ncccc1CSc1ccccc1F. The Hall–Kier alpha value is -1.88. The molecule has 0 amide bonds. The zero-order chi connectivity index (χ0) is 13.0. The number of aromatic nitrogens is 1. The zero-order valence-electron chi connectivity index (χ0n) is 9.34. The van der Waals surface area contributed by atoms with Crippen molar-refractivity contribution in [1.82, 2.24) is 4.98 Å². The van der Waals surface area contributed by atoms with Crippen LogP contribution in [0.4, 0.5) is 4.39 Å². The highest BCUT2D eigenvalue weighted by molar-refractivity contribution is 7.98. The van der Waals surface area contributed by atoms with Gasteiger partial charge in [-0.1, -0.05) is 18.2 Å². The van der Waals surface area contributed by atoms with E-state index >= 15 is 0 Å². The minimum Gasteiger partial charge on any atom is -0.477 e. The van der Waals surface area contributed by atoms with Crippen molar-refractivity contribution in [3.05, 3.63) is 59.7 Å². The van der Waals surface area contributed by atoms with Gasteiger partial charge in [0.2, 0.25) is 0 Å². The number of carbonyl (C=O) groups is 1. The number of hydrogen-bond acceptors (Lipinski definition) is 3. The Balaban J connectivity index is 2.16. The summed E-state index contributed by atoms with van der Waals surface area (Å²) in [6.07, 6.45) is 1.43. The van der Waals surface area contributed by atoms with Crippen LogP contribution >= 0.6 is 11.8 Å². The molecule has 1 N–H and O–H groups in total. The normalized spacial score (nSPS) is 10.3. The van der Waals surface area contributed by atoms with Gasteiger partial charge in [0.05, 0.1) is 0 Å². The van der Waals surface area contributed by atoms with Gasteiger partial charge in [0.25, 0.3) is 0 Å². The zero-order valence-corrected chi connectivity index (χ0v) is 10.2. The van der Waals surface area contributed by atoms with Crippen molar-refractivity contribution in [3.8, 4) is 0 Å². The standard InChI is InChI=1S/C13H10FNO2S/c14-10-5-1-2-6-11(10)18-8-9-4-3-7-15-12(9)13(16)17/h1-7H,8H2,(H,16,17). The van der Waals surface area contributed by atoms with E-state index in [4.69, 9.17) is 5.11 Å². The van der Waals surface area contributed by atoms with Gasteiger partial charge in [-0.3, -0.25) is 0 Å². The van der Waals surface area contributed by atoms with Gasteiger partial charge in [0, 0.05) is 16.8 Å². The lowest BCUT2D eigenvalue weighted by atomic mass is 10.2. The molecule has 0 aliphatic rings. The fraction of sp³-hybridized carbons (Fsp3) is 0.0769. The van der Waals surface area contributed by atoms with E-state index in [2.05, 4.69) is 4.98 Å². The second-order valence-electron chi connectivity index (χ2n) is 3.54. The summed E-state index contributed by atoms with van der Waals surface area (Å²) in [5, 5.41) is 8.97. The molecule has 0 spiro atoms. The van der Waals surface area contributed by atoms with E-state index in [1.165, 1.54) is 24.0 Å². The van der Waals surface area contributed by atoms with E-state index in [-0.39, 0.29) is 11.5 Å². The summed E-state index contributed by atoms with van der Waals surface area (Å²) < 4.78 is 13.4. The second kappa shape index (κ2) is 5.64. The van der Waals surface area contributed by atoms with Crippen molar-refractivity contribution in [2.45, 2.75) is 10.6 Å². The van der Waals surface area contributed by atoms with E-state index in [9.17, 15) is 9.18 Å². The summed E-state index contributed by atoms with van der Waals surface area (Å²) in [4.78, 5) is 15.3. The fourth-order valence-corrected chi connectivity index (χ4v) is 2.39. The van der Waals surface area contributed by atoms with Crippen molar-refractivity contribution in [3.63, 3.8) is 0 Å². The molecule has 1 aromatic heterocycles. The Kier molecular flexibility index (Phi) is 3.94. The topological polar surface area (TPSA) is 50.2 Å². The molecule has 0 aliphatic carbocycles. The molecule has 0 bridgehead atoms. The molecule has 3 nitrogen and oxygen atoms in total.